The van der Waals surface area contributed by atoms with Crippen LogP contribution in [-0.2, 0) is 20.4 Å². The summed E-state index contributed by atoms with van der Waals surface area (Å²) >= 11 is 0. The lowest BCUT2D eigenvalue weighted by Crippen LogP contribution is -2.15. The van der Waals surface area contributed by atoms with Crippen LogP contribution >= 0.6 is 7.82 Å². The van der Waals surface area contributed by atoms with E-state index in [1.54, 1.807) is 14.0 Å². The zero-order chi connectivity index (χ0) is 30.0. The molecule has 1 rings (SSSR count). The first-order chi connectivity index (χ1) is 19.9. The topological polar surface area (TPSA) is 94.5 Å². The van der Waals surface area contributed by atoms with Crippen molar-refractivity contribution in [2.24, 2.45) is 0 Å². The lowest BCUT2D eigenvalue weighted by atomic mass is 10.0. The van der Waals surface area contributed by atoms with E-state index in [-0.39, 0.29) is 13.2 Å². The van der Waals surface area contributed by atoms with Gasteiger partial charge in [-0.25, -0.2) is 4.57 Å². The fourth-order valence-corrected chi connectivity index (χ4v) is 5.34. The van der Waals surface area contributed by atoms with Crippen molar-refractivity contribution < 1.29 is 33.1 Å². The fourth-order valence-electron chi connectivity index (χ4n) is 4.94. The van der Waals surface area contributed by atoms with E-state index in [2.05, 4.69) is 11.4 Å². The highest BCUT2D eigenvalue weighted by Gasteiger charge is 2.17. The van der Waals surface area contributed by atoms with Gasteiger partial charge in [0, 0.05) is 11.6 Å². The number of methoxy groups -OCH3 is 1. The van der Waals surface area contributed by atoms with Crippen LogP contribution in [-0.4, -0.2) is 36.2 Å². The van der Waals surface area contributed by atoms with Crippen LogP contribution in [0.15, 0.2) is 18.2 Å². The van der Waals surface area contributed by atoms with Crippen LogP contribution in [0.5, 0.6) is 11.5 Å². The Hall–Kier alpha value is -1.11. The zero-order valence-corrected chi connectivity index (χ0v) is 27.4. The minimum absolute atomic E-state index is 0.185. The molecule has 1 aromatic rings. The van der Waals surface area contributed by atoms with E-state index < -0.39 is 13.9 Å². The van der Waals surface area contributed by atoms with Gasteiger partial charge in [0.2, 0.25) is 0 Å². The summed E-state index contributed by atoms with van der Waals surface area (Å²) in [6.07, 6.45) is 26.8. The van der Waals surface area contributed by atoms with Crippen molar-refractivity contribution in [1.82, 2.24) is 0 Å². The maximum absolute atomic E-state index is 10.9. The highest BCUT2D eigenvalue weighted by Crippen LogP contribution is 2.36. The van der Waals surface area contributed by atoms with Gasteiger partial charge in [-0.15, -0.1) is 0 Å². The van der Waals surface area contributed by atoms with E-state index in [4.69, 9.17) is 24.0 Å². The number of phosphoric ester groups is 1. The summed E-state index contributed by atoms with van der Waals surface area (Å²) in [4.78, 5) is 17.7. The van der Waals surface area contributed by atoms with Gasteiger partial charge in [0.05, 0.1) is 33.0 Å². The Kier molecular flexibility index (Phi) is 23.5. The Bertz CT molecular complexity index is 783. The molecule has 0 aliphatic heterocycles. The van der Waals surface area contributed by atoms with Crippen molar-refractivity contribution in [2.45, 2.75) is 155 Å². The molecule has 0 bridgehead atoms. The van der Waals surface area contributed by atoms with E-state index in [1.807, 2.05) is 18.2 Å². The van der Waals surface area contributed by atoms with Crippen molar-refractivity contribution in [3.05, 3.63) is 23.8 Å². The quantitative estimate of drug-likeness (QED) is 0.0698. The van der Waals surface area contributed by atoms with Crippen molar-refractivity contribution in [3.8, 4) is 11.5 Å². The number of rotatable bonds is 29. The molecule has 0 saturated carbocycles. The van der Waals surface area contributed by atoms with Crippen molar-refractivity contribution in [1.29, 1.82) is 0 Å². The predicted molar refractivity (Wildman–Crippen MR) is 169 cm³/mol. The highest BCUT2D eigenvalue weighted by atomic mass is 31.2. The number of benzene rings is 1. The third-order valence-corrected chi connectivity index (χ3v) is 8.02. The Morgan fingerprint density at radius 2 is 1.20 bits per heavy atom. The van der Waals surface area contributed by atoms with Gasteiger partial charge in [-0.05, 0) is 25.5 Å². The van der Waals surface area contributed by atoms with Crippen LogP contribution < -0.4 is 9.47 Å². The largest absolute Gasteiger partial charge is 0.497 e. The minimum Gasteiger partial charge on any atom is -0.497 e. The van der Waals surface area contributed by atoms with Gasteiger partial charge >= 0.3 is 7.82 Å². The van der Waals surface area contributed by atoms with Crippen molar-refractivity contribution in [2.75, 3.05) is 20.3 Å². The number of phosphoric acid groups is 1. The van der Waals surface area contributed by atoms with E-state index in [0.29, 0.717) is 18.1 Å². The van der Waals surface area contributed by atoms with E-state index in [9.17, 15) is 4.57 Å². The Labute approximate surface area is 251 Å². The minimum atomic E-state index is -4.50. The smallest absolute Gasteiger partial charge is 0.469 e. The predicted octanol–water partition coefficient (Wildman–Crippen LogP) is 9.91. The molecule has 0 aliphatic rings. The second-order valence-corrected chi connectivity index (χ2v) is 12.7. The molecule has 7 nitrogen and oxygen atoms in total. The summed E-state index contributed by atoms with van der Waals surface area (Å²) in [7, 11) is -2.88. The molecule has 0 spiro atoms. The molecule has 2 N–H and O–H groups in total. The van der Waals surface area contributed by atoms with Gasteiger partial charge in [0.1, 0.15) is 11.5 Å². The SMILES string of the molecule is CCCCCCCCCCCCCCCCCCCCCCOc1cc(OC)ccc1CO[C@H](C)COP(=O)(O)O. The molecule has 0 fully saturated rings. The molecule has 1 aromatic carbocycles. The van der Waals surface area contributed by atoms with Gasteiger partial charge < -0.3 is 24.0 Å². The van der Waals surface area contributed by atoms with Crippen molar-refractivity contribution in [3.63, 3.8) is 0 Å². The van der Waals surface area contributed by atoms with E-state index >= 15 is 0 Å². The molecular weight excluding hydrogens is 539 g/mol. The molecule has 0 saturated heterocycles. The average Bonchev–Trinajstić information content (AvgIpc) is 2.95. The summed E-state index contributed by atoms with van der Waals surface area (Å²) in [5.74, 6) is 1.43. The first-order valence-corrected chi connectivity index (χ1v) is 18.0. The first-order valence-electron chi connectivity index (χ1n) is 16.5. The van der Waals surface area contributed by atoms with E-state index in [1.165, 1.54) is 116 Å². The van der Waals surface area contributed by atoms with Crippen molar-refractivity contribution >= 4 is 7.82 Å². The molecular formula is C33H61O7P. The molecule has 8 heteroatoms. The zero-order valence-electron chi connectivity index (χ0n) is 26.5. The standard InChI is InChI=1S/C33H61O7P/c1-4-5-6-7-8-9-10-11-12-13-14-15-16-17-18-19-20-21-22-23-26-38-33-27-32(37-3)25-24-31(33)29-39-30(2)28-40-41(34,35)36/h24-25,27,30H,4-23,26,28-29H2,1-3H3,(H2,34,35,36)/t30-/m1/s1. The second kappa shape index (κ2) is 25.4. The first kappa shape index (κ1) is 37.9. The summed E-state index contributed by atoms with van der Waals surface area (Å²) in [6.45, 7) is 4.70. The fraction of sp³-hybridized carbons (Fsp3) is 0.818. The van der Waals surface area contributed by atoms with Crippen LogP contribution in [0.3, 0.4) is 0 Å². The molecule has 0 aromatic heterocycles. The molecule has 1 atom stereocenters. The molecule has 0 aliphatic carbocycles. The van der Waals surface area contributed by atoms with Crippen LogP contribution in [0.25, 0.3) is 0 Å². The van der Waals surface area contributed by atoms with Crippen LogP contribution in [0.1, 0.15) is 148 Å². The normalized spacial score (nSPS) is 12.5. The third-order valence-electron chi connectivity index (χ3n) is 7.53. The number of ether oxygens (including phenoxy) is 3. The third kappa shape index (κ3) is 23.1. The van der Waals surface area contributed by atoms with Gasteiger partial charge in [0.25, 0.3) is 0 Å². The number of hydrogen-bond donors (Lipinski definition) is 2. The molecule has 240 valence electrons. The second-order valence-electron chi connectivity index (χ2n) is 11.4. The molecule has 0 heterocycles. The van der Waals surface area contributed by atoms with Gasteiger partial charge in [-0.1, -0.05) is 129 Å². The van der Waals surface area contributed by atoms with Gasteiger partial charge in [0.15, 0.2) is 0 Å². The maximum atomic E-state index is 10.9. The monoisotopic (exact) mass is 600 g/mol. The summed E-state index contributed by atoms with van der Waals surface area (Å²) in [5.41, 5.74) is 0.863. The lowest BCUT2D eigenvalue weighted by Gasteiger charge is -2.17. The van der Waals surface area contributed by atoms with Gasteiger partial charge in [-0.3, -0.25) is 4.52 Å². The molecule has 0 unspecified atom stereocenters. The van der Waals surface area contributed by atoms with E-state index in [0.717, 1.165) is 18.4 Å². The summed E-state index contributed by atoms with van der Waals surface area (Å²) in [5, 5.41) is 0. The van der Waals surface area contributed by atoms with Gasteiger partial charge in [-0.2, -0.15) is 0 Å². The highest BCUT2D eigenvalue weighted by molar-refractivity contribution is 7.46. The lowest BCUT2D eigenvalue weighted by molar-refractivity contribution is 0.0125. The molecule has 0 radical (unpaired) electrons. The maximum Gasteiger partial charge on any atom is 0.469 e. The molecule has 41 heavy (non-hydrogen) atoms. The average molecular weight is 601 g/mol. The Morgan fingerprint density at radius 3 is 1.63 bits per heavy atom. The van der Waals surface area contributed by atoms with Crippen LogP contribution in [0, 0.1) is 0 Å². The number of hydrogen-bond acceptors (Lipinski definition) is 5. The Morgan fingerprint density at radius 1 is 0.732 bits per heavy atom. The Balaban J connectivity index is 2.02. The molecule has 0 amide bonds. The van der Waals surface area contributed by atoms with Crippen LogP contribution in [0.4, 0.5) is 0 Å². The number of unbranched alkanes of at least 4 members (excludes halogenated alkanes) is 19. The summed E-state index contributed by atoms with van der Waals surface area (Å²) < 4.78 is 32.5. The summed E-state index contributed by atoms with van der Waals surface area (Å²) in [6, 6.07) is 5.59. The van der Waals surface area contributed by atoms with Crippen LogP contribution in [0.2, 0.25) is 0 Å².